The van der Waals surface area contributed by atoms with Gasteiger partial charge in [-0.3, -0.25) is 0 Å². The quantitative estimate of drug-likeness (QED) is 0.771. The Morgan fingerprint density at radius 3 is 2.53 bits per heavy atom. The van der Waals surface area contributed by atoms with Crippen molar-refractivity contribution in [2.75, 3.05) is 6.61 Å². The number of ether oxygens (including phenoxy) is 1. The molecule has 7 heteroatoms. The van der Waals surface area contributed by atoms with Gasteiger partial charge in [0.25, 0.3) is 0 Å². The first-order chi connectivity index (χ1) is 7.87. The Balaban J connectivity index is 2.94. The van der Waals surface area contributed by atoms with E-state index in [1.807, 2.05) is 0 Å². The molecule has 0 aliphatic rings. The normalized spacial score (nSPS) is 11.6. The van der Waals surface area contributed by atoms with Gasteiger partial charge in [0.2, 0.25) is 11.7 Å². The van der Waals surface area contributed by atoms with E-state index in [4.69, 9.17) is 4.42 Å². The molecule has 0 amide bonds. The van der Waals surface area contributed by atoms with Crippen molar-refractivity contribution in [1.29, 1.82) is 0 Å². The highest BCUT2D eigenvalue weighted by atomic mass is 19.4. The number of nitrogens with zero attached hydrogens (tertiary/aromatic N) is 1. The molecule has 0 aliphatic heterocycles. The van der Waals surface area contributed by atoms with Gasteiger partial charge in [-0.05, 0) is 13.3 Å². The molecule has 1 rings (SSSR count). The van der Waals surface area contributed by atoms with Crippen LogP contribution in [0.4, 0.5) is 13.2 Å². The Hall–Kier alpha value is -1.53. The summed E-state index contributed by atoms with van der Waals surface area (Å²) in [5.41, 5.74) is 0.183. The number of carbonyl (C=O) groups excluding carboxylic acids is 1. The smallest absolute Gasteiger partial charge is 0.397 e. The van der Waals surface area contributed by atoms with E-state index in [0.29, 0.717) is 6.42 Å². The first-order valence-electron chi connectivity index (χ1n) is 5.09. The fourth-order valence-corrected chi connectivity index (χ4v) is 1.24. The van der Waals surface area contributed by atoms with E-state index >= 15 is 0 Å². The predicted octanol–water partition coefficient (Wildman–Crippen LogP) is 2.52. The maximum Gasteiger partial charge on any atom is 0.397 e. The second-order valence-electron chi connectivity index (χ2n) is 3.25. The van der Waals surface area contributed by atoms with Crippen molar-refractivity contribution in [2.24, 2.45) is 0 Å². The van der Waals surface area contributed by atoms with Crippen molar-refractivity contribution in [1.82, 2.24) is 4.98 Å². The zero-order valence-corrected chi connectivity index (χ0v) is 9.43. The van der Waals surface area contributed by atoms with E-state index in [0.717, 1.165) is 0 Å². The van der Waals surface area contributed by atoms with Crippen LogP contribution in [-0.2, 0) is 17.6 Å². The van der Waals surface area contributed by atoms with Crippen molar-refractivity contribution in [3.05, 3.63) is 17.3 Å². The van der Waals surface area contributed by atoms with Crippen molar-refractivity contribution in [2.45, 2.75) is 32.9 Å². The lowest BCUT2D eigenvalue weighted by molar-refractivity contribution is -0.130. The van der Waals surface area contributed by atoms with Gasteiger partial charge in [-0.25, -0.2) is 9.78 Å². The molecule has 0 bridgehead atoms. The summed E-state index contributed by atoms with van der Waals surface area (Å²) in [5, 5.41) is 0. The van der Waals surface area contributed by atoms with Crippen LogP contribution in [0.25, 0.3) is 0 Å². The van der Waals surface area contributed by atoms with Gasteiger partial charge in [0.1, 0.15) is 6.42 Å². The standard InChI is InChI=1S/C10H12F3NO3/c1-3-6-8(9(15)16-4-2)17-7(14-6)5-10(11,12)13/h3-5H2,1-2H3. The van der Waals surface area contributed by atoms with Gasteiger partial charge in [-0.15, -0.1) is 0 Å². The number of hydrogen-bond donors (Lipinski definition) is 0. The van der Waals surface area contributed by atoms with Gasteiger partial charge in [-0.2, -0.15) is 13.2 Å². The third-order valence-electron chi connectivity index (χ3n) is 1.89. The number of carbonyl (C=O) groups is 1. The maximum absolute atomic E-state index is 12.1. The molecular formula is C10H12F3NO3. The lowest BCUT2D eigenvalue weighted by Gasteiger charge is -2.01. The van der Waals surface area contributed by atoms with Crippen molar-refractivity contribution >= 4 is 5.97 Å². The largest absolute Gasteiger partial charge is 0.460 e. The molecule has 1 heterocycles. The second kappa shape index (κ2) is 5.20. The highest BCUT2D eigenvalue weighted by molar-refractivity contribution is 5.87. The number of rotatable bonds is 4. The minimum atomic E-state index is -4.41. The molecule has 0 saturated carbocycles. The van der Waals surface area contributed by atoms with Crippen LogP contribution in [0.5, 0.6) is 0 Å². The minimum absolute atomic E-state index is 0.122. The van der Waals surface area contributed by atoms with Gasteiger partial charge < -0.3 is 9.15 Å². The third-order valence-corrected chi connectivity index (χ3v) is 1.89. The molecule has 0 atom stereocenters. The second-order valence-corrected chi connectivity index (χ2v) is 3.25. The number of aryl methyl sites for hydroxylation is 1. The predicted molar refractivity (Wildman–Crippen MR) is 51.6 cm³/mol. The van der Waals surface area contributed by atoms with Crippen LogP contribution >= 0.6 is 0 Å². The molecule has 0 aromatic carbocycles. The van der Waals surface area contributed by atoms with E-state index in [-0.39, 0.29) is 18.1 Å². The Morgan fingerprint density at radius 1 is 1.41 bits per heavy atom. The lowest BCUT2D eigenvalue weighted by Crippen LogP contribution is -2.11. The van der Waals surface area contributed by atoms with E-state index in [9.17, 15) is 18.0 Å². The summed E-state index contributed by atoms with van der Waals surface area (Å²) in [6, 6.07) is 0. The Morgan fingerprint density at radius 2 is 2.06 bits per heavy atom. The zero-order chi connectivity index (χ0) is 13.1. The number of alkyl halides is 3. The maximum atomic E-state index is 12.1. The molecule has 0 aliphatic carbocycles. The molecule has 0 N–H and O–H groups in total. The fraction of sp³-hybridized carbons (Fsp3) is 0.600. The summed E-state index contributed by atoms with van der Waals surface area (Å²) in [5.74, 6) is -1.55. The highest BCUT2D eigenvalue weighted by Gasteiger charge is 2.32. The number of halogens is 3. The van der Waals surface area contributed by atoms with Crippen LogP contribution in [0.3, 0.4) is 0 Å². The zero-order valence-electron chi connectivity index (χ0n) is 9.43. The Kier molecular flexibility index (Phi) is 4.14. The van der Waals surface area contributed by atoms with Gasteiger partial charge in [0, 0.05) is 0 Å². The van der Waals surface area contributed by atoms with E-state index in [2.05, 4.69) is 9.72 Å². The van der Waals surface area contributed by atoms with Crippen LogP contribution in [0.1, 0.15) is 36.0 Å². The highest BCUT2D eigenvalue weighted by Crippen LogP contribution is 2.23. The average molecular weight is 251 g/mol. The molecule has 0 fully saturated rings. The number of aromatic nitrogens is 1. The average Bonchev–Trinajstić information content (AvgIpc) is 2.58. The first-order valence-corrected chi connectivity index (χ1v) is 5.09. The summed E-state index contributed by atoms with van der Waals surface area (Å²) >= 11 is 0. The molecular weight excluding hydrogens is 239 g/mol. The third kappa shape index (κ3) is 3.76. The SMILES string of the molecule is CCOC(=O)c1oc(CC(F)(F)F)nc1CC. The van der Waals surface area contributed by atoms with E-state index in [1.165, 1.54) is 0 Å². The summed E-state index contributed by atoms with van der Waals surface area (Å²) in [7, 11) is 0. The molecule has 0 spiro atoms. The first kappa shape index (κ1) is 13.5. The van der Waals surface area contributed by atoms with Crippen LogP contribution in [0.15, 0.2) is 4.42 Å². The van der Waals surface area contributed by atoms with Crippen molar-refractivity contribution in [3.63, 3.8) is 0 Å². The van der Waals surface area contributed by atoms with Gasteiger partial charge in [0.05, 0.1) is 12.3 Å². The van der Waals surface area contributed by atoms with Crippen molar-refractivity contribution in [3.8, 4) is 0 Å². The van der Waals surface area contributed by atoms with Crippen LogP contribution in [-0.4, -0.2) is 23.7 Å². The summed E-state index contributed by atoms with van der Waals surface area (Å²) in [4.78, 5) is 15.0. The van der Waals surface area contributed by atoms with Crippen LogP contribution in [0.2, 0.25) is 0 Å². The number of hydrogen-bond acceptors (Lipinski definition) is 4. The summed E-state index contributed by atoms with van der Waals surface area (Å²) < 4.78 is 45.8. The van der Waals surface area contributed by atoms with Gasteiger partial charge in [0.15, 0.2) is 0 Å². The Labute approximate surface area is 95.8 Å². The van der Waals surface area contributed by atoms with Crippen LogP contribution in [0, 0.1) is 0 Å². The molecule has 0 radical (unpaired) electrons. The lowest BCUT2D eigenvalue weighted by atomic mass is 10.3. The monoisotopic (exact) mass is 251 g/mol. The van der Waals surface area contributed by atoms with Crippen molar-refractivity contribution < 1.29 is 27.1 Å². The topological polar surface area (TPSA) is 52.3 Å². The van der Waals surface area contributed by atoms with Crippen LogP contribution < -0.4 is 0 Å². The van der Waals surface area contributed by atoms with E-state index < -0.39 is 24.5 Å². The number of esters is 1. The number of oxazole rings is 1. The summed E-state index contributed by atoms with van der Waals surface area (Å²) in [6.07, 6.45) is -5.41. The van der Waals surface area contributed by atoms with Gasteiger partial charge >= 0.3 is 12.1 Å². The van der Waals surface area contributed by atoms with E-state index in [1.54, 1.807) is 13.8 Å². The van der Waals surface area contributed by atoms with Gasteiger partial charge in [-0.1, -0.05) is 6.92 Å². The molecule has 0 saturated heterocycles. The minimum Gasteiger partial charge on any atom is -0.460 e. The molecule has 1 aromatic heterocycles. The Bertz CT molecular complexity index is 398. The molecule has 4 nitrogen and oxygen atoms in total. The molecule has 96 valence electrons. The summed E-state index contributed by atoms with van der Waals surface area (Å²) in [6.45, 7) is 3.38. The fourth-order valence-electron chi connectivity index (χ4n) is 1.24. The molecule has 0 unspecified atom stereocenters. The molecule has 17 heavy (non-hydrogen) atoms. The molecule has 1 aromatic rings.